The molecule has 0 saturated carbocycles. The zero-order valence-electron chi connectivity index (χ0n) is 28.4. The van der Waals surface area contributed by atoms with Crippen LogP contribution in [-0.4, -0.2) is 57.7 Å². The van der Waals surface area contributed by atoms with Crippen molar-refractivity contribution in [1.82, 2.24) is 15.8 Å². The van der Waals surface area contributed by atoms with E-state index < -0.39 is 17.3 Å². The van der Waals surface area contributed by atoms with Crippen molar-refractivity contribution in [2.24, 2.45) is 0 Å². The van der Waals surface area contributed by atoms with Gasteiger partial charge in [0.15, 0.2) is 11.5 Å². The number of hydroxylamine groups is 1. The van der Waals surface area contributed by atoms with Crippen molar-refractivity contribution in [2.45, 2.75) is 51.3 Å². The van der Waals surface area contributed by atoms with Crippen molar-refractivity contribution in [3.8, 4) is 45.9 Å². The number of rotatable bonds is 12. The molecule has 2 heterocycles. The summed E-state index contributed by atoms with van der Waals surface area (Å²) < 4.78 is 20.7. The lowest BCUT2D eigenvalue weighted by Crippen LogP contribution is -2.43. The molecule has 4 aromatic rings. The van der Waals surface area contributed by atoms with Crippen LogP contribution in [0.5, 0.6) is 11.5 Å². The Labute approximate surface area is 295 Å². The van der Waals surface area contributed by atoms with Crippen LogP contribution in [-0.2, 0) is 17.8 Å². The number of nitrogens with zero attached hydrogens (tertiary/aromatic N) is 4. The number of hydrogen-bond donors (Lipinski definition) is 5. The normalized spacial score (nSPS) is 13.5. The molecule has 1 aliphatic heterocycles. The van der Waals surface area contributed by atoms with Crippen molar-refractivity contribution in [3.63, 3.8) is 0 Å². The van der Waals surface area contributed by atoms with Gasteiger partial charge in [-0.25, -0.2) is 14.9 Å². The molecular weight excluding hydrogens is 651 g/mol. The van der Waals surface area contributed by atoms with Gasteiger partial charge in [0.05, 0.1) is 23.7 Å². The molecule has 11 nitrogen and oxygen atoms in total. The number of ether oxygens (including phenoxy) is 1. The molecule has 1 fully saturated rings. The maximum Gasteiger partial charge on any atom is 0.267 e. The van der Waals surface area contributed by atoms with Crippen molar-refractivity contribution in [1.29, 1.82) is 10.5 Å². The van der Waals surface area contributed by atoms with Gasteiger partial charge in [0.1, 0.15) is 24.3 Å². The fourth-order valence-electron chi connectivity index (χ4n) is 5.95. The minimum Gasteiger partial charge on any atom is -0.504 e. The first kappa shape index (κ1) is 36.5. The number of pyridine rings is 1. The maximum absolute atomic E-state index is 15.1. The Bertz CT molecular complexity index is 1990. The smallest absolute Gasteiger partial charge is 0.267 e. The largest absolute Gasteiger partial charge is 0.504 e. The number of halogens is 1. The second-order valence-corrected chi connectivity index (χ2v) is 13.0. The molecule has 5 N–H and O–H groups in total. The van der Waals surface area contributed by atoms with Gasteiger partial charge in [0.2, 0.25) is 0 Å². The predicted octanol–water partition coefficient (Wildman–Crippen LogP) is 5.62. The van der Waals surface area contributed by atoms with E-state index in [2.05, 4.69) is 16.3 Å². The maximum atomic E-state index is 15.1. The lowest BCUT2D eigenvalue weighted by atomic mass is 9.89. The van der Waals surface area contributed by atoms with E-state index in [1.54, 1.807) is 49.8 Å². The first-order valence-electron chi connectivity index (χ1n) is 16.5. The lowest BCUT2D eigenvalue weighted by Gasteiger charge is -2.35. The molecule has 1 saturated heterocycles. The van der Waals surface area contributed by atoms with Crippen LogP contribution in [0.1, 0.15) is 48.9 Å². The molecule has 1 amide bonds. The third kappa shape index (κ3) is 9.26. The summed E-state index contributed by atoms with van der Waals surface area (Å²) >= 11 is 0. The van der Waals surface area contributed by atoms with Crippen molar-refractivity contribution in [2.75, 3.05) is 24.6 Å². The SMILES string of the molecule is CC(C)(O)COc1ccc(-c2cnc(N3CCC(NCc4ccc(/C=C/C(=O)NO)cc4)CC3)c(CC#N)c2-c2ccc(C#N)c(F)c2)cc1O. The van der Waals surface area contributed by atoms with Crippen molar-refractivity contribution >= 4 is 17.8 Å². The quantitative estimate of drug-likeness (QED) is 0.0713. The molecule has 0 bridgehead atoms. The first-order chi connectivity index (χ1) is 24.5. The number of nitriles is 2. The number of nitrogens with one attached hydrogen (secondary N) is 2. The second kappa shape index (κ2) is 16.3. The van der Waals surface area contributed by atoms with E-state index >= 15 is 4.39 Å². The van der Waals surface area contributed by atoms with E-state index in [1.807, 2.05) is 30.3 Å². The zero-order chi connectivity index (χ0) is 36.5. The van der Waals surface area contributed by atoms with E-state index in [1.165, 1.54) is 24.3 Å². The number of aromatic nitrogens is 1. The molecule has 0 aliphatic carbocycles. The third-order valence-electron chi connectivity index (χ3n) is 8.55. The first-order valence-corrected chi connectivity index (χ1v) is 16.5. The highest BCUT2D eigenvalue weighted by Gasteiger charge is 2.26. The molecule has 0 radical (unpaired) electrons. The Morgan fingerprint density at radius 2 is 1.82 bits per heavy atom. The number of aliphatic hydroxyl groups is 1. The minimum absolute atomic E-state index is 0.0140. The van der Waals surface area contributed by atoms with Crippen LogP contribution in [0.15, 0.2) is 72.9 Å². The van der Waals surface area contributed by atoms with Crippen LogP contribution in [0.3, 0.4) is 0 Å². The summed E-state index contributed by atoms with van der Waals surface area (Å²) in [5.41, 5.74) is 5.03. The Kier molecular flexibility index (Phi) is 11.6. The van der Waals surface area contributed by atoms with Gasteiger partial charge < -0.3 is 25.2 Å². The molecule has 0 spiro atoms. The number of amides is 1. The number of anilines is 1. The van der Waals surface area contributed by atoms with Crippen LogP contribution in [0.25, 0.3) is 28.3 Å². The number of aromatic hydroxyl groups is 1. The summed E-state index contributed by atoms with van der Waals surface area (Å²) in [5, 5.41) is 52.5. The van der Waals surface area contributed by atoms with E-state index in [4.69, 9.17) is 14.9 Å². The van der Waals surface area contributed by atoms with Crippen molar-refractivity contribution < 1.29 is 29.3 Å². The molecule has 0 unspecified atom stereocenters. The minimum atomic E-state index is -1.11. The average Bonchev–Trinajstić information content (AvgIpc) is 3.12. The fourth-order valence-corrected chi connectivity index (χ4v) is 5.95. The summed E-state index contributed by atoms with van der Waals surface area (Å²) in [6, 6.07) is 21.2. The highest BCUT2D eigenvalue weighted by atomic mass is 19.1. The van der Waals surface area contributed by atoms with Crippen LogP contribution in [0, 0.1) is 28.5 Å². The van der Waals surface area contributed by atoms with Gasteiger partial charge in [0, 0.05) is 49.1 Å². The van der Waals surface area contributed by atoms with Gasteiger partial charge in [-0.2, -0.15) is 10.5 Å². The summed E-state index contributed by atoms with van der Waals surface area (Å²) in [4.78, 5) is 18.2. The third-order valence-corrected chi connectivity index (χ3v) is 8.55. The summed E-state index contributed by atoms with van der Waals surface area (Å²) in [6.07, 6.45) is 6.13. The molecule has 12 heteroatoms. The summed E-state index contributed by atoms with van der Waals surface area (Å²) in [6.45, 7) is 5.13. The van der Waals surface area contributed by atoms with Gasteiger partial charge in [-0.3, -0.25) is 10.0 Å². The van der Waals surface area contributed by atoms with Crippen molar-refractivity contribution in [3.05, 3.63) is 101 Å². The molecule has 1 aliphatic rings. The Balaban J connectivity index is 1.40. The topological polar surface area (TPSA) is 175 Å². The number of phenolic OH excluding ortho intramolecular Hbond substituents is 1. The number of hydrogen-bond acceptors (Lipinski definition) is 10. The van der Waals surface area contributed by atoms with Crippen LogP contribution in [0.4, 0.5) is 10.2 Å². The number of carbonyl (C=O) groups is 1. The highest BCUT2D eigenvalue weighted by molar-refractivity contribution is 5.91. The number of carbonyl (C=O) groups excluding carboxylic acids is 1. The molecule has 262 valence electrons. The molecule has 0 atom stereocenters. The number of piperidine rings is 1. The number of benzene rings is 3. The Morgan fingerprint density at radius 1 is 1.10 bits per heavy atom. The lowest BCUT2D eigenvalue weighted by molar-refractivity contribution is -0.124. The standard InChI is InChI=1S/C39H39FN6O5/c1-39(2,49)24-51-35-11-10-27(20-34(35)47)32-23-44-38(31(13-16-41)37(32)28-8-9-29(21-42)33(40)19-28)46-17-14-30(15-18-46)43-22-26-5-3-25(4-6-26)7-12-36(48)45-50/h3-12,19-20,23,30,43,47,49-50H,13-15,17-18,22,24H2,1-2H3,(H,45,48)/b12-7+. The van der Waals surface area contributed by atoms with E-state index in [9.17, 15) is 25.5 Å². The predicted molar refractivity (Wildman–Crippen MR) is 190 cm³/mol. The Hall–Kier alpha value is -5.79. The highest BCUT2D eigenvalue weighted by Crippen LogP contribution is 2.42. The number of phenols is 1. The second-order valence-electron chi connectivity index (χ2n) is 13.0. The van der Waals surface area contributed by atoms with Gasteiger partial charge in [-0.15, -0.1) is 0 Å². The van der Waals surface area contributed by atoms with Gasteiger partial charge >= 0.3 is 0 Å². The fraction of sp³-hybridized carbons (Fsp3) is 0.282. The summed E-state index contributed by atoms with van der Waals surface area (Å²) in [7, 11) is 0. The van der Waals surface area contributed by atoms with E-state index in [0.717, 1.165) is 24.0 Å². The van der Waals surface area contributed by atoms with Crippen LogP contribution < -0.4 is 20.4 Å². The van der Waals surface area contributed by atoms with E-state index in [0.29, 0.717) is 53.3 Å². The molecule has 3 aromatic carbocycles. The Morgan fingerprint density at radius 3 is 2.45 bits per heavy atom. The monoisotopic (exact) mass is 690 g/mol. The molecule has 5 rings (SSSR count). The molecular formula is C39H39FN6O5. The van der Waals surface area contributed by atoms with Crippen LogP contribution in [0.2, 0.25) is 0 Å². The van der Waals surface area contributed by atoms with Gasteiger partial charge in [0.25, 0.3) is 5.91 Å². The molecule has 51 heavy (non-hydrogen) atoms. The van der Waals surface area contributed by atoms with Gasteiger partial charge in [-0.1, -0.05) is 36.4 Å². The zero-order valence-corrected chi connectivity index (χ0v) is 28.4. The van der Waals surface area contributed by atoms with Crippen LogP contribution >= 0.6 is 0 Å². The van der Waals surface area contributed by atoms with E-state index in [-0.39, 0.29) is 36.1 Å². The summed E-state index contributed by atoms with van der Waals surface area (Å²) in [5.74, 6) is -0.643. The van der Waals surface area contributed by atoms with Gasteiger partial charge in [-0.05, 0) is 84.8 Å². The average molecular weight is 691 g/mol. The molecule has 1 aromatic heterocycles.